The van der Waals surface area contributed by atoms with E-state index in [0.717, 1.165) is 6.07 Å². The first-order valence-electron chi connectivity index (χ1n) is 8.05. The molecule has 0 aliphatic carbocycles. The van der Waals surface area contributed by atoms with E-state index in [0.29, 0.717) is 16.6 Å². The number of rotatable bonds is 5. The van der Waals surface area contributed by atoms with Crippen LogP contribution < -0.4 is 10.7 Å². The van der Waals surface area contributed by atoms with Crippen molar-refractivity contribution in [3.05, 3.63) is 76.1 Å². The maximum atomic E-state index is 12.1. The molecule has 3 rings (SSSR count). The van der Waals surface area contributed by atoms with Gasteiger partial charge in [0.1, 0.15) is 5.58 Å². The van der Waals surface area contributed by atoms with E-state index < -0.39 is 18.4 Å². The number of hydrogen-bond donors (Lipinski definition) is 1. The van der Waals surface area contributed by atoms with Gasteiger partial charge in [0.15, 0.2) is 17.8 Å². The Balaban J connectivity index is 1.67. The van der Waals surface area contributed by atoms with Crippen molar-refractivity contribution in [1.82, 2.24) is 0 Å². The molecule has 0 radical (unpaired) electrons. The maximum absolute atomic E-state index is 12.1. The molecular formula is C20H15NO6. The van der Waals surface area contributed by atoms with Crippen LogP contribution in [-0.4, -0.2) is 24.3 Å². The normalized spacial score (nSPS) is 10.4. The van der Waals surface area contributed by atoms with Crippen molar-refractivity contribution in [2.45, 2.75) is 6.92 Å². The van der Waals surface area contributed by atoms with Gasteiger partial charge >= 0.3 is 5.97 Å². The molecule has 0 saturated heterocycles. The Morgan fingerprint density at radius 3 is 2.44 bits per heavy atom. The average Bonchev–Trinajstić information content (AvgIpc) is 2.66. The van der Waals surface area contributed by atoms with Crippen LogP contribution >= 0.6 is 0 Å². The summed E-state index contributed by atoms with van der Waals surface area (Å²) in [4.78, 5) is 47.2. The smallest absolute Gasteiger partial charge is 0.374 e. The van der Waals surface area contributed by atoms with Gasteiger partial charge in [-0.2, -0.15) is 0 Å². The minimum Gasteiger partial charge on any atom is -0.451 e. The second kappa shape index (κ2) is 7.65. The first-order chi connectivity index (χ1) is 12.9. The number of nitrogens with one attached hydrogen (secondary N) is 1. The summed E-state index contributed by atoms with van der Waals surface area (Å²) in [6.45, 7) is 0.874. The Morgan fingerprint density at radius 2 is 1.74 bits per heavy atom. The van der Waals surface area contributed by atoms with Gasteiger partial charge in [-0.05, 0) is 36.4 Å². The molecule has 7 heteroatoms. The Bertz CT molecular complexity index is 1080. The fourth-order valence-corrected chi connectivity index (χ4v) is 2.43. The lowest BCUT2D eigenvalue weighted by Gasteiger charge is -2.06. The first-order valence-corrected chi connectivity index (χ1v) is 8.05. The van der Waals surface area contributed by atoms with E-state index in [9.17, 15) is 19.2 Å². The summed E-state index contributed by atoms with van der Waals surface area (Å²) in [6.07, 6.45) is 0. The minimum atomic E-state index is -0.902. The van der Waals surface area contributed by atoms with Crippen molar-refractivity contribution in [2.75, 3.05) is 11.9 Å². The molecule has 7 nitrogen and oxygen atoms in total. The zero-order valence-corrected chi connectivity index (χ0v) is 14.4. The number of amides is 1. The molecule has 0 atom stereocenters. The van der Waals surface area contributed by atoms with Gasteiger partial charge in [-0.1, -0.05) is 12.1 Å². The molecule has 0 unspecified atom stereocenters. The van der Waals surface area contributed by atoms with Gasteiger partial charge in [-0.25, -0.2) is 4.79 Å². The zero-order valence-electron chi connectivity index (χ0n) is 14.4. The van der Waals surface area contributed by atoms with Crippen molar-refractivity contribution in [3.63, 3.8) is 0 Å². The summed E-state index contributed by atoms with van der Waals surface area (Å²) >= 11 is 0. The topological polar surface area (TPSA) is 103 Å². The third-order valence-electron chi connectivity index (χ3n) is 3.70. The van der Waals surface area contributed by atoms with Crippen molar-refractivity contribution >= 4 is 34.3 Å². The van der Waals surface area contributed by atoms with Crippen molar-refractivity contribution in [1.29, 1.82) is 0 Å². The van der Waals surface area contributed by atoms with Crippen molar-refractivity contribution < 1.29 is 23.5 Å². The Hall–Kier alpha value is -3.74. The summed E-state index contributed by atoms with van der Waals surface area (Å²) in [6, 6.07) is 13.7. The number of hydrogen-bond acceptors (Lipinski definition) is 6. The van der Waals surface area contributed by atoms with Crippen LogP contribution in [0.3, 0.4) is 0 Å². The van der Waals surface area contributed by atoms with E-state index in [-0.39, 0.29) is 22.7 Å². The van der Waals surface area contributed by atoms with Gasteiger partial charge in [-0.15, -0.1) is 0 Å². The molecule has 1 aromatic heterocycles. The predicted molar refractivity (Wildman–Crippen MR) is 97.8 cm³/mol. The van der Waals surface area contributed by atoms with Gasteiger partial charge in [-0.3, -0.25) is 14.4 Å². The number of ketones is 1. The van der Waals surface area contributed by atoms with Crippen LogP contribution in [0.15, 0.2) is 63.8 Å². The molecule has 0 aliphatic heterocycles. The molecule has 0 bridgehead atoms. The predicted octanol–water partition coefficient (Wildman–Crippen LogP) is 2.79. The molecule has 27 heavy (non-hydrogen) atoms. The van der Waals surface area contributed by atoms with Gasteiger partial charge in [0.05, 0.1) is 5.39 Å². The van der Waals surface area contributed by atoms with Crippen LogP contribution in [0, 0.1) is 0 Å². The molecule has 1 heterocycles. The van der Waals surface area contributed by atoms with Crippen LogP contribution in [0.2, 0.25) is 0 Å². The summed E-state index contributed by atoms with van der Waals surface area (Å²) in [5, 5.41) is 2.94. The molecule has 0 saturated carbocycles. The fourth-order valence-electron chi connectivity index (χ4n) is 2.43. The quantitative estimate of drug-likeness (QED) is 0.551. The van der Waals surface area contributed by atoms with Crippen LogP contribution in [-0.2, 0) is 9.53 Å². The van der Waals surface area contributed by atoms with E-state index in [2.05, 4.69) is 5.32 Å². The van der Waals surface area contributed by atoms with Gasteiger partial charge < -0.3 is 14.5 Å². The summed E-state index contributed by atoms with van der Waals surface area (Å²) < 4.78 is 10.3. The second-order valence-corrected chi connectivity index (χ2v) is 5.73. The van der Waals surface area contributed by atoms with E-state index >= 15 is 0 Å². The SMILES string of the molecule is CC(=O)Nc1ccc(C(=O)COC(=O)c2cc(=O)c3ccccc3o2)cc1. The number of carbonyl (C=O) groups is 3. The van der Waals surface area contributed by atoms with Crippen LogP contribution in [0.5, 0.6) is 0 Å². The van der Waals surface area contributed by atoms with E-state index in [4.69, 9.17) is 9.15 Å². The average molecular weight is 365 g/mol. The minimum absolute atomic E-state index is 0.222. The van der Waals surface area contributed by atoms with Crippen LogP contribution in [0.1, 0.15) is 27.8 Å². The van der Waals surface area contributed by atoms with Gasteiger partial charge in [0.25, 0.3) is 0 Å². The highest BCUT2D eigenvalue weighted by Crippen LogP contribution is 2.13. The van der Waals surface area contributed by atoms with Gasteiger partial charge in [0.2, 0.25) is 11.7 Å². The zero-order chi connectivity index (χ0) is 19.4. The summed E-state index contributed by atoms with van der Waals surface area (Å²) in [5.74, 6) is -1.82. The van der Waals surface area contributed by atoms with E-state index in [1.807, 2.05) is 0 Å². The highest BCUT2D eigenvalue weighted by Gasteiger charge is 2.16. The molecule has 136 valence electrons. The third-order valence-corrected chi connectivity index (χ3v) is 3.70. The third kappa shape index (κ3) is 4.27. The molecule has 1 N–H and O–H groups in total. The molecule has 0 fully saturated rings. The van der Waals surface area contributed by atoms with E-state index in [1.54, 1.807) is 36.4 Å². The molecule has 0 spiro atoms. The number of ether oxygens (including phenoxy) is 1. The Kier molecular flexibility index (Phi) is 5.12. The van der Waals surface area contributed by atoms with E-state index in [1.165, 1.54) is 19.1 Å². The summed E-state index contributed by atoms with van der Waals surface area (Å²) in [5.41, 5.74) is 0.756. The second-order valence-electron chi connectivity index (χ2n) is 5.73. The molecule has 0 aliphatic rings. The summed E-state index contributed by atoms with van der Waals surface area (Å²) in [7, 11) is 0. The fraction of sp³-hybridized carbons (Fsp3) is 0.100. The van der Waals surface area contributed by atoms with Crippen LogP contribution in [0.25, 0.3) is 11.0 Å². The highest BCUT2D eigenvalue weighted by molar-refractivity contribution is 5.99. The lowest BCUT2D eigenvalue weighted by molar-refractivity contribution is -0.114. The standard InChI is InChI=1S/C20H15NO6/c1-12(22)21-14-8-6-13(7-9-14)17(24)11-26-20(25)19-10-16(23)15-4-2-3-5-18(15)27-19/h2-10H,11H2,1H3,(H,21,22). The molecular weight excluding hydrogens is 350 g/mol. The molecule has 1 amide bonds. The van der Waals surface area contributed by atoms with Crippen molar-refractivity contribution in [2.24, 2.45) is 0 Å². The highest BCUT2D eigenvalue weighted by atomic mass is 16.5. The molecule has 2 aromatic carbocycles. The first kappa shape index (κ1) is 18.1. The largest absolute Gasteiger partial charge is 0.451 e. The number of carbonyl (C=O) groups excluding carboxylic acids is 3. The Morgan fingerprint density at radius 1 is 1.04 bits per heavy atom. The van der Waals surface area contributed by atoms with Gasteiger partial charge in [0, 0.05) is 24.2 Å². The number of fused-ring (bicyclic) bond motifs is 1. The number of para-hydroxylation sites is 1. The number of esters is 1. The van der Waals surface area contributed by atoms with Crippen molar-refractivity contribution in [3.8, 4) is 0 Å². The monoisotopic (exact) mass is 365 g/mol. The number of Topliss-reactive ketones (excluding diaryl/α,β-unsaturated/α-hetero) is 1. The Labute approximate surface area is 153 Å². The number of anilines is 1. The lowest BCUT2D eigenvalue weighted by Crippen LogP contribution is -2.16. The number of benzene rings is 2. The van der Waals surface area contributed by atoms with Crippen LogP contribution in [0.4, 0.5) is 5.69 Å². The molecule has 3 aromatic rings. The lowest BCUT2D eigenvalue weighted by atomic mass is 10.1. The maximum Gasteiger partial charge on any atom is 0.374 e.